The van der Waals surface area contributed by atoms with Crippen molar-refractivity contribution < 1.29 is 47.1 Å². The number of β-lactam (4-membered cyclic amide) rings is 1. The van der Waals surface area contributed by atoms with Gasteiger partial charge in [0.15, 0.2) is 5.12 Å². The zero-order valence-corrected chi connectivity index (χ0v) is 30.9. The summed E-state index contributed by atoms with van der Waals surface area (Å²) in [5, 5.41) is 10.8. The molecule has 2 aromatic carbocycles. The summed E-state index contributed by atoms with van der Waals surface area (Å²) in [5.41, 5.74) is -0.0672. The van der Waals surface area contributed by atoms with Crippen LogP contribution in [0.15, 0.2) is 59.5 Å². The van der Waals surface area contributed by atoms with E-state index in [2.05, 4.69) is 0 Å². The molecule has 3 atom stereocenters. The van der Waals surface area contributed by atoms with E-state index in [1.165, 1.54) is 31.2 Å². The second-order valence-corrected chi connectivity index (χ2v) is 15.4. The first-order valence-electron chi connectivity index (χ1n) is 15.6. The van der Waals surface area contributed by atoms with Crippen molar-refractivity contribution in [3.05, 3.63) is 70.3 Å². The van der Waals surface area contributed by atoms with Crippen LogP contribution in [0.1, 0.15) is 60.5 Å². The van der Waals surface area contributed by atoms with Crippen LogP contribution in [0.2, 0.25) is 0 Å². The van der Waals surface area contributed by atoms with Crippen molar-refractivity contribution in [1.29, 1.82) is 0 Å². The molecule has 1 aliphatic heterocycles. The van der Waals surface area contributed by atoms with Gasteiger partial charge in [-0.25, -0.2) is 4.79 Å². The van der Waals surface area contributed by atoms with Gasteiger partial charge in [-0.3, -0.25) is 29.4 Å². The summed E-state index contributed by atoms with van der Waals surface area (Å²) < 4.78 is 30.1. The Hall–Kier alpha value is -3.26. The second-order valence-electron chi connectivity index (χ2n) is 11.9. The molecular weight excluding hydrogens is 699 g/mol. The molecular formula is C33H42ClN2O11PS. The van der Waals surface area contributed by atoms with Crippen molar-refractivity contribution in [2.45, 2.75) is 96.8 Å². The number of likely N-dealkylation sites (tertiary alicyclic amines) is 1. The van der Waals surface area contributed by atoms with Gasteiger partial charge in [-0.1, -0.05) is 30.0 Å². The highest BCUT2D eigenvalue weighted by Gasteiger charge is 2.58. The summed E-state index contributed by atoms with van der Waals surface area (Å²) in [6.45, 7) is 11.5. The number of nitro benzene ring substituents is 1. The molecule has 0 N–H and O–H groups in total. The Morgan fingerprint density at radius 3 is 1.96 bits per heavy atom. The highest BCUT2D eigenvalue weighted by molar-refractivity contribution is 8.13. The first-order chi connectivity index (χ1) is 23.1. The predicted molar refractivity (Wildman–Crippen MR) is 186 cm³/mol. The Labute approximate surface area is 295 Å². The van der Waals surface area contributed by atoms with Gasteiger partial charge in [0.1, 0.15) is 18.6 Å². The number of rotatable bonds is 17. The summed E-state index contributed by atoms with van der Waals surface area (Å²) in [5.74, 6) is -3.90. The fourth-order valence-electron chi connectivity index (χ4n) is 5.03. The van der Waals surface area contributed by atoms with Gasteiger partial charge in [-0.05, 0) is 78.3 Å². The number of thioether (sulfide) groups is 1. The van der Waals surface area contributed by atoms with Gasteiger partial charge in [0.05, 0.1) is 35.2 Å². The maximum absolute atomic E-state index is 14.3. The van der Waals surface area contributed by atoms with Gasteiger partial charge in [-0.15, -0.1) is 11.6 Å². The van der Waals surface area contributed by atoms with Crippen molar-refractivity contribution in [3.8, 4) is 0 Å². The van der Waals surface area contributed by atoms with Gasteiger partial charge >= 0.3 is 11.9 Å². The highest BCUT2D eigenvalue weighted by atomic mass is 35.5. The van der Waals surface area contributed by atoms with Crippen molar-refractivity contribution in [2.75, 3.05) is 5.88 Å². The van der Waals surface area contributed by atoms with Crippen molar-refractivity contribution in [1.82, 2.24) is 4.90 Å². The number of benzene rings is 2. The number of alkyl halides is 1. The van der Waals surface area contributed by atoms with Gasteiger partial charge in [0.2, 0.25) is 11.3 Å². The third kappa shape index (κ3) is 10.9. The van der Waals surface area contributed by atoms with Crippen LogP contribution in [0.25, 0.3) is 0 Å². The lowest BCUT2D eigenvalue weighted by molar-refractivity contribution is -0.384. The normalized spacial score (nSPS) is 16.8. The largest absolute Gasteiger partial charge is 0.461 e. The van der Waals surface area contributed by atoms with E-state index in [0.29, 0.717) is 10.5 Å². The molecule has 1 aliphatic rings. The summed E-state index contributed by atoms with van der Waals surface area (Å²) >= 11 is 6.64. The Kier molecular flexibility index (Phi) is 14.9. The Balaban J connectivity index is 2.19. The molecule has 1 saturated heterocycles. The summed E-state index contributed by atoms with van der Waals surface area (Å²) in [4.78, 5) is 66.5. The molecule has 16 heteroatoms. The summed E-state index contributed by atoms with van der Waals surface area (Å²) in [6, 6.07) is 13.3. The maximum atomic E-state index is 14.3. The van der Waals surface area contributed by atoms with Crippen molar-refractivity contribution in [2.24, 2.45) is 5.92 Å². The van der Waals surface area contributed by atoms with E-state index in [1.54, 1.807) is 65.8 Å². The minimum atomic E-state index is -3.96. The van der Waals surface area contributed by atoms with Crippen molar-refractivity contribution >= 4 is 65.0 Å². The molecule has 13 nitrogen and oxygen atoms in total. The molecule has 49 heavy (non-hydrogen) atoms. The minimum Gasteiger partial charge on any atom is -0.461 e. The van der Waals surface area contributed by atoms with E-state index in [1.807, 2.05) is 6.07 Å². The van der Waals surface area contributed by atoms with Crippen LogP contribution in [0.5, 0.6) is 0 Å². The lowest BCUT2D eigenvalue weighted by atomic mass is 9.81. The average molecular weight is 741 g/mol. The second kappa shape index (κ2) is 18.1. The minimum absolute atomic E-state index is 0.143. The van der Waals surface area contributed by atoms with Crippen molar-refractivity contribution in [3.63, 3.8) is 0 Å². The number of nitro groups is 1. The Bertz CT molecular complexity index is 1520. The number of ether oxygens (including phenoxy) is 2. The fraction of sp³-hybridized carbons (Fsp3) is 0.485. The molecule has 1 amide bonds. The molecule has 0 aromatic heterocycles. The number of hydrogen-bond acceptors (Lipinski definition) is 12. The van der Waals surface area contributed by atoms with Crippen LogP contribution >= 0.6 is 30.9 Å². The zero-order chi connectivity index (χ0) is 36.5. The standard InChI is InChI=1S/C33H42ClN2O11PS/c1-20(2)45-48(46-21(3)4,47-22(5)6)32(33(40)43-19-24-13-15-25(16-14-24)36(41)42)35-27(17-29(38)49-26-11-9-8-10-12-26)30(31(35)39)23(7)44-28(37)18-34/h8-16,20-23,27,30H,17-19H2,1-7H3. The van der Waals surface area contributed by atoms with E-state index in [0.717, 1.165) is 16.7 Å². The topological polar surface area (TPSA) is 161 Å². The molecule has 0 saturated carbocycles. The highest BCUT2D eigenvalue weighted by Crippen LogP contribution is 2.58. The average Bonchev–Trinajstić information content (AvgIpc) is 3.01. The maximum Gasteiger partial charge on any atom is 0.362 e. The Morgan fingerprint density at radius 2 is 1.47 bits per heavy atom. The molecule has 2 aromatic rings. The molecule has 1 heterocycles. The monoisotopic (exact) mass is 740 g/mol. The van der Waals surface area contributed by atoms with Crippen LogP contribution in [-0.2, 0) is 48.8 Å². The van der Waals surface area contributed by atoms with Gasteiger partial charge in [-0.2, -0.15) is 0 Å². The number of amides is 1. The van der Waals surface area contributed by atoms with E-state index in [-0.39, 0.29) is 29.2 Å². The molecule has 0 aliphatic carbocycles. The zero-order valence-electron chi connectivity index (χ0n) is 28.4. The van der Waals surface area contributed by atoms with E-state index >= 15 is 0 Å². The predicted octanol–water partition coefficient (Wildman–Crippen LogP) is 6.51. The molecule has 1 fully saturated rings. The number of non-ortho nitro benzene ring substituents is 1. The number of esters is 2. The lowest BCUT2D eigenvalue weighted by Gasteiger charge is -2.50. The van der Waals surface area contributed by atoms with E-state index in [4.69, 9.17) is 34.6 Å². The number of nitrogens with zero attached hydrogens (tertiary/aromatic N) is 2. The quantitative estimate of drug-likeness (QED) is 0.0329. The molecule has 0 radical (unpaired) electrons. The third-order valence-corrected chi connectivity index (χ3v) is 10.9. The van der Waals surface area contributed by atoms with Crippen LogP contribution in [0.3, 0.4) is 0 Å². The van der Waals surface area contributed by atoms with Crippen LogP contribution < -0.4 is 0 Å². The molecule has 3 rings (SSSR count). The van der Waals surface area contributed by atoms with Gasteiger partial charge in [0, 0.05) is 23.4 Å². The SMILES string of the molecule is CC(C)OP(OC(C)C)(OC(C)C)=C(C(=O)OCc1ccc([N+](=O)[O-])cc1)N1C(=O)C(C(C)OC(=O)CCl)C1CC(=O)Sc1ccccc1. The van der Waals surface area contributed by atoms with E-state index < -0.39 is 72.6 Å². The van der Waals surface area contributed by atoms with Crippen LogP contribution in [-0.4, -0.2) is 74.5 Å². The molecule has 0 bridgehead atoms. The fourth-order valence-corrected chi connectivity index (χ4v) is 8.82. The smallest absolute Gasteiger partial charge is 0.362 e. The number of carbonyl (C=O) groups excluding carboxylic acids is 4. The first-order valence-corrected chi connectivity index (χ1v) is 18.5. The molecule has 0 spiro atoms. The molecule has 3 unspecified atom stereocenters. The van der Waals surface area contributed by atoms with Crippen LogP contribution in [0, 0.1) is 16.0 Å². The van der Waals surface area contributed by atoms with Gasteiger partial charge in [0.25, 0.3) is 13.3 Å². The number of carbonyl (C=O) groups is 4. The first kappa shape index (κ1) is 40.2. The van der Waals surface area contributed by atoms with Crippen LogP contribution in [0.4, 0.5) is 5.69 Å². The summed E-state index contributed by atoms with van der Waals surface area (Å²) in [7, 11) is -3.96. The number of halogens is 1. The van der Waals surface area contributed by atoms with E-state index in [9.17, 15) is 29.3 Å². The number of hydrogen-bond donors (Lipinski definition) is 0. The Morgan fingerprint density at radius 1 is 0.918 bits per heavy atom. The van der Waals surface area contributed by atoms with Gasteiger partial charge < -0.3 is 23.0 Å². The third-order valence-electron chi connectivity index (χ3n) is 6.79. The molecule has 268 valence electrons. The lowest BCUT2D eigenvalue weighted by Crippen LogP contribution is -2.68. The summed E-state index contributed by atoms with van der Waals surface area (Å²) in [6.07, 6.45) is -2.95.